The van der Waals surface area contributed by atoms with Crippen LogP contribution in [0.25, 0.3) is 0 Å². The lowest BCUT2D eigenvalue weighted by atomic mass is 10.2. The number of carboxylic acids is 1. The number of amidine groups is 1. The van der Waals surface area contributed by atoms with E-state index in [1.165, 1.54) is 0 Å². The number of nitrogens with zero attached hydrogens (tertiary/aromatic N) is 2. The molecule has 0 bridgehead atoms. The Morgan fingerprint density at radius 1 is 1.44 bits per heavy atom. The van der Waals surface area contributed by atoms with Gasteiger partial charge >= 0.3 is 5.97 Å². The van der Waals surface area contributed by atoms with Crippen LogP contribution in [-0.4, -0.2) is 39.7 Å². The molecule has 1 fully saturated rings. The van der Waals surface area contributed by atoms with Gasteiger partial charge in [0.05, 0.1) is 18.7 Å². The topological polar surface area (TPSA) is 100 Å². The molecule has 1 aromatic carbocycles. The lowest BCUT2D eigenvalue weighted by molar-refractivity contribution is -0.138. The Labute approximate surface area is 146 Å². The Hall–Kier alpha value is -2.49. The minimum absolute atomic E-state index is 0.117. The second-order valence-electron chi connectivity index (χ2n) is 5.32. The number of carbonyl (C=O) groups is 2. The van der Waals surface area contributed by atoms with Crippen molar-refractivity contribution >= 4 is 35.0 Å². The van der Waals surface area contributed by atoms with E-state index >= 15 is 0 Å². The molecule has 2 N–H and O–H groups in total. The number of rotatable bonds is 6. The zero-order chi connectivity index (χ0) is 18.6. The number of amides is 1. The highest BCUT2D eigenvalue weighted by atomic mass is 32.2. The summed E-state index contributed by atoms with van der Waals surface area (Å²) < 4.78 is 32.7. The molecular formula is C15H15F2N3O4S. The standard InChI is InChI=1S/C15H15F2N3O4S/c1-7(2)24-13-9(16)3-8(4-10(13)17)6-18-20-15-19-14(23)11(25-15)5-12(21)22/h3-4,6-7,11H,5H2,1-2H3,(H,21,22)(H,19,20,23). The second kappa shape index (κ2) is 8.06. The molecule has 1 aromatic rings. The third-order valence-corrected chi connectivity index (χ3v) is 3.94. The first-order valence-electron chi connectivity index (χ1n) is 7.22. The number of nitrogens with one attached hydrogen (secondary N) is 1. The summed E-state index contributed by atoms with van der Waals surface area (Å²) in [6.07, 6.45) is 0.388. The van der Waals surface area contributed by atoms with E-state index in [9.17, 15) is 18.4 Å². The fourth-order valence-corrected chi connectivity index (χ4v) is 2.81. The molecule has 1 amide bonds. The van der Waals surface area contributed by atoms with Gasteiger partial charge in [-0.3, -0.25) is 9.59 Å². The fraction of sp³-hybridized carbons (Fsp3) is 0.333. The number of aliphatic carboxylic acids is 1. The van der Waals surface area contributed by atoms with Gasteiger partial charge in [-0.1, -0.05) is 11.8 Å². The molecule has 134 valence electrons. The molecule has 1 atom stereocenters. The predicted molar refractivity (Wildman–Crippen MR) is 88.9 cm³/mol. The quantitative estimate of drug-likeness (QED) is 0.589. The van der Waals surface area contributed by atoms with Crippen LogP contribution < -0.4 is 10.1 Å². The van der Waals surface area contributed by atoms with Gasteiger partial charge in [0.25, 0.3) is 0 Å². The minimum Gasteiger partial charge on any atom is -0.485 e. The van der Waals surface area contributed by atoms with Gasteiger partial charge in [0.2, 0.25) is 5.91 Å². The van der Waals surface area contributed by atoms with Gasteiger partial charge in [-0.15, -0.1) is 5.10 Å². The fourth-order valence-electron chi connectivity index (χ4n) is 1.90. The van der Waals surface area contributed by atoms with E-state index in [0.717, 1.165) is 30.1 Å². The molecule has 1 aliphatic heterocycles. The van der Waals surface area contributed by atoms with Crippen molar-refractivity contribution in [2.24, 2.45) is 10.2 Å². The highest BCUT2D eigenvalue weighted by Gasteiger charge is 2.32. The second-order valence-corrected chi connectivity index (χ2v) is 6.52. The molecule has 0 radical (unpaired) electrons. The monoisotopic (exact) mass is 371 g/mol. The lowest BCUT2D eigenvalue weighted by Gasteiger charge is -2.11. The Morgan fingerprint density at radius 3 is 2.64 bits per heavy atom. The average molecular weight is 371 g/mol. The summed E-state index contributed by atoms with van der Waals surface area (Å²) in [5.41, 5.74) is 0.117. The van der Waals surface area contributed by atoms with E-state index in [2.05, 4.69) is 15.5 Å². The normalized spacial score (nSPS) is 19.0. The summed E-state index contributed by atoms with van der Waals surface area (Å²) in [5, 5.41) is 17.8. The van der Waals surface area contributed by atoms with Crippen molar-refractivity contribution in [3.63, 3.8) is 0 Å². The van der Waals surface area contributed by atoms with Crippen LogP contribution in [0.15, 0.2) is 22.3 Å². The van der Waals surface area contributed by atoms with Crippen LogP contribution in [0.3, 0.4) is 0 Å². The van der Waals surface area contributed by atoms with E-state index in [4.69, 9.17) is 9.84 Å². The van der Waals surface area contributed by atoms with Crippen LogP contribution >= 0.6 is 11.8 Å². The highest BCUT2D eigenvalue weighted by molar-refractivity contribution is 8.15. The summed E-state index contributed by atoms with van der Waals surface area (Å²) in [7, 11) is 0. The van der Waals surface area contributed by atoms with Gasteiger partial charge in [-0.05, 0) is 26.0 Å². The molecule has 25 heavy (non-hydrogen) atoms. The number of carboxylic acid groups (broad SMARTS) is 1. The maximum Gasteiger partial charge on any atom is 0.305 e. The largest absolute Gasteiger partial charge is 0.485 e. The van der Waals surface area contributed by atoms with Crippen molar-refractivity contribution in [2.45, 2.75) is 31.6 Å². The van der Waals surface area contributed by atoms with Crippen LogP contribution in [-0.2, 0) is 9.59 Å². The van der Waals surface area contributed by atoms with E-state index in [1.807, 2.05) is 0 Å². The lowest BCUT2D eigenvalue weighted by Crippen LogP contribution is -2.26. The molecule has 0 aromatic heterocycles. The van der Waals surface area contributed by atoms with Crippen molar-refractivity contribution in [1.29, 1.82) is 0 Å². The Balaban J connectivity index is 2.07. The molecule has 1 saturated heterocycles. The van der Waals surface area contributed by atoms with Crippen molar-refractivity contribution in [1.82, 2.24) is 5.32 Å². The zero-order valence-corrected chi connectivity index (χ0v) is 14.1. The first kappa shape index (κ1) is 18.8. The van der Waals surface area contributed by atoms with Gasteiger partial charge < -0.3 is 15.2 Å². The molecule has 10 heteroatoms. The highest BCUT2D eigenvalue weighted by Crippen LogP contribution is 2.24. The summed E-state index contributed by atoms with van der Waals surface area (Å²) in [6.45, 7) is 3.30. The molecular weight excluding hydrogens is 356 g/mol. The summed E-state index contributed by atoms with van der Waals surface area (Å²) in [4.78, 5) is 22.1. The molecule has 1 unspecified atom stereocenters. The minimum atomic E-state index is -1.10. The van der Waals surface area contributed by atoms with E-state index < -0.39 is 34.5 Å². The summed E-state index contributed by atoms with van der Waals surface area (Å²) >= 11 is 0.924. The Kier molecular flexibility index (Phi) is 6.07. The summed E-state index contributed by atoms with van der Waals surface area (Å²) in [5.74, 6) is -3.78. The number of hydrogen-bond donors (Lipinski definition) is 2. The summed E-state index contributed by atoms with van der Waals surface area (Å²) in [6, 6.07) is 2.08. The molecule has 1 aliphatic rings. The van der Waals surface area contributed by atoms with Crippen LogP contribution in [0.5, 0.6) is 5.75 Å². The van der Waals surface area contributed by atoms with Crippen molar-refractivity contribution in [3.8, 4) is 5.75 Å². The van der Waals surface area contributed by atoms with Crippen LogP contribution in [0.4, 0.5) is 8.78 Å². The van der Waals surface area contributed by atoms with E-state index in [0.29, 0.717) is 0 Å². The maximum absolute atomic E-state index is 13.8. The molecule has 1 heterocycles. The molecule has 0 saturated carbocycles. The first-order chi connectivity index (χ1) is 11.8. The smallest absolute Gasteiger partial charge is 0.305 e. The van der Waals surface area contributed by atoms with Crippen molar-refractivity contribution < 1.29 is 28.2 Å². The third kappa shape index (κ3) is 5.24. The van der Waals surface area contributed by atoms with Gasteiger partial charge in [0.1, 0.15) is 5.25 Å². The number of thioether (sulfide) groups is 1. The predicted octanol–water partition coefficient (Wildman–Crippen LogP) is 2.15. The van der Waals surface area contributed by atoms with Gasteiger partial charge in [-0.25, -0.2) is 8.78 Å². The number of ether oxygens (including phenoxy) is 1. The number of halogens is 2. The number of carbonyl (C=O) groups excluding carboxylic acids is 1. The average Bonchev–Trinajstić information content (AvgIpc) is 2.82. The molecule has 0 spiro atoms. The number of hydrogen-bond acceptors (Lipinski definition) is 6. The van der Waals surface area contributed by atoms with Gasteiger partial charge in [0.15, 0.2) is 22.6 Å². The Morgan fingerprint density at radius 2 is 2.08 bits per heavy atom. The Bertz CT molecular complexity index is 729. The molecule has 7 nitrogen and oxygen atoms in total. The van der Waals surface area contributed by atoms with Crippen LogP contribution in [0.1, 0.15) is 25.8 Å². The maximum atomic E-state index is 13.8. The van der Waals surface area contributed by atoms with E-state index in [-0.39, 0.29) is 23.3 Å². The van der Waals surface area contributed by atoms with Crippen molar-refractivity contribution in [3.05, 3.63) is 29.3 Å². The third-order valence-electron chi connectivity index (χ3n) is 2.87. The molecule has 2 rings (SSSR count). The molecule has 0 aliphatic carbocycles. The zero-order valence-electron chi connectivity index (χ0n) is 13.3. The SMILES string of the molecule is CC(C)Oc1c(F)cc(C=NN=C2NC(=O)C(CC(=O)O)S2)cc1F. The van der Waals surface area contributed by atoms with Crippen LogP contribution in [0, 0.1) is 11.6 Å². The van der Waals surface area contributed by atoms with Gasteiger partial charge in [0, 0.05) is 5.56 Å². The number of benzene rings is 1. The van der Waals surface area contributed by atoms with E-state index in [1.54, 1.807) is 13.8 Å². The van der Waals surface area contributed by atoms with Crippen molar-refractivity contribution in [2.75, 3.05) is 0 Å². The first-order valence-corrected chi connectivity index (χ1v) is 8.10. The van der Waals surface area contributed by atoms with Gasteiger partial charge in [-0.2, -0.15) is 5.10 Å². The van der Waals surface area contributed by atoms with Crippen LogP contribution in [0.2, 0.25) is 0 Å².